The Labute approximate surface area is 141 Å². The molecule has 3 amide bonds. The second-order valence-electron chi connectivity index (χ2n) is 6.36. The molecule has 0 radical (unpaired) electrons. The zero-order chi connectivity index (χ0) is 16.9. The van der Waals surface area contributed by atoms with E-state index in [1.54, 1.807) is 0 Å². The van der Waals surface area contributed by atoms with Crippen LogP contribution in [-0.4, -0.2) is 55.2 Å². The van der Waals surface area contributed by atoms with Crippen LogP contribution in [-0.2, 0) is 22.6 Å². The first kappa shape index (κ1) is 16.7. The Morgan fingerprint density at radius 2 is 2.25 bits per heavy atom. The Morgan fingerprint density at radius 1 is 1.42 bits per heavy atom. The third kappa shape index (κ3) is 4.46. The van der Waals surface area contributed by atoms with E-state index in [0.717, 1.165) is 31.8 Å². The summed E-state index contributed by atoms with van der Waals surface area (Å²) in [7, 11) is 0. The number of carbonyl (C=O) groups excluding carboxylic acids is 2. The third-order valence-corrected chi connectivity index (χ3v) is 4.28. The van der Waals surface area contributed by atoms with Crippen LogP contribution in [0.1, 0.15) is 18.1 Å². The number of nitrogens with one attached hydrogen (secondary N) is 3. The summed E-state index contributed by atoms with van der Waals surface area (Å²) < 4.78 is 5.57. The number of hydrogen-bond acceptors (Lipinski definition) is 4. The average Bonchev–Trinajstić information content (AvgIpc) is 3.00. The molecule has 0 aromatic heterocycles. The molecule has 2 fully saturated rings. The van der Waals surface area contributed by atoms with Crippen molar-refractivity contribution >= 4 is 11.9 Å². The molecule has 2 aliphatic rings. The lowest BCUT2D eigenvalue weighted by Crippen LogP contribution is -2.42. The Balaban J connectivity index is 1.51. The van der Waals surface area contributed by atoms with Gasteiger partial charge in [0, 0.05) is 32.7 Å². The molecule has 3 rings (SSSR count). The zero-order valence-corrected chi connectivity index (χ0v) is 13.9. The monoisotopic (exact) mass is 332 g/mol. The van der Waals surface area contributed by atoms with Crippen LogP contribution in [0.4, 0.5) is 4.79 Å². The van der Waals surface area contributed by atoms with Gasteiger partial charge >= 0.3 is 6.03 Å². The van der Waals surface area contributed by atoms with Crippen LogP contribution in [0.5, 0.6) is 0 Å². The van der Waals surface area contributed by atoms with Crippen LogP contribution in [0, 0.1) is 0 Å². The molecule has 0 saturated carbocycles. The van der Waals surface area contributed by atoms with E-state index >= 15 is 0 Å². The van der Waals surface area contributed by atoms with Gasteiger partial charge in [0.15, 0.2) is 0 Å². The van der Waals surface area contributed by atoms with Crippen molar-refractivity contribution < 1.29 is 14.3 Å². The van der Waals surface area contributed by atoms with Crippen molar-refractivity contribution in [3.63, 3.8) is 0 Å². The van der Waals surface area contributed by atoms with E-state index in [0.29, 0.717) is 13.1 Å². The van der Waals surface area contributed by atoms with Crippen LogP contribution >= 0.6 is 0 Å². The van der Waals surface area contributed by atoms with Gasteiger partial charge in [-0.05, 0) is 18.1 Å². The molecule has 0 bridgehead atoms. The van der Waals surface area contributed by atoms with Crippen LogP contribution < -0.4 is 16.0 Å². The SMILES string of the molecule is C[C@H]1CN(Cc2cccc(CNC(=O)[C@H]3CNC(=O)N3)c2)CCO1. The average molecular weight is 332 g/mol. The van der Waals surface area contributed by atoms with Crippen LogP contribution in [0.15, 0.2) is 24.3 Å². The first-order valence-electron chi connectivity index (χ1n) is 8.34. The predicted molar refractivity (Wildman–Crippen MR) is 89.3 cm³/mol. The van der Waals surface area contributed by atoms with Gasteiger partial charge in [0.05, 0.1) is 12.7 Å². The third-order valence-electron chi connectivity index (χ3n) is 4.28. The molecule has 0 unspecified atom stereocenters. The lowest BCUT2D eigenvalue weighted by atomic mass is 10.1. The molecule has 24 heavy (non-hydrogen) atoms. The zero-order valence-electron chi connectivity index (χ0n) is 13.9. The summed E-state index contributed by atoms with van der Waals surface area (Å²) in [6.07, 6.45) is 0.274. The van der Waals surface area contributed by atoms with Crippen molar-refractivity contribution in [1.82, 2.24) is 20.9 Å². The van der Waals surface area contributed by atoms with Gasteiger partial charge in [-0.1, -0.05) is 24.3 Å². The number of rotatable bonds is 5. The van der Waals surface area contributed by atoms with E-state index in [9.17, 15) is 9.59 Å². The largest absolute Gasteiger partial charge is 0.376 e. The molecular weight excluding hydrogens is 308 g/mol. The number of urea groups is 1. The first-order chi connectivity index (χ1) is 11.6. The molecule has 2 aliphatic heterocycles. The number of benzene rings is 1. The van der Waals surface area contributed by atoms with Crippen LogP contribution in [0.25, 0.3) is 0 Å². The highest BCUT2D eigenvalue weighted by molar-refractivity contribution is 5.90. The lowest BCUT2D eigenvalue weighted by molar-refractivity contribution is -0.122. The van der Waals surface area contributed by atoms with E-state index < -0.39 is 6.04 Å². The number of morpholine rings is 1. The summed E-state index contributed by atoms with van der Waals surface area (Å²) >= 11 is 0. The Morgan fingerprint density at radius 3 is 3.00 bits per heavy atom. The highest BCUT2D eigenvalue weighted by atomic mass is 16.5. The molecule has 1 aromatic rings. The normalized spacial score (nSPS) is 24.3. The standard InChI is InChI=1S/C17H24N4O3/c1-12-10-21(5-6-24-12)11-14-4-2-3-13(7-14)8-18-16(22)15-9-19-17(23)20-15/h2-4,7,12,15H,5-6,8-11H2,1H3,(H,18,22)(H2,19,20,23)/t12-,15+/m0/s1. The molecule has 2 heterocycles. The van der Waals surface area contributed by atoms with Crippen molar-refractivity contribution in [2.24, 2.45) is 0 Å². The van der Waals surface area contributed by atoms with E-state index in [4.69, 9.17) is 4.74 Å². The smallest absolute Gasteiger partial charge is 0.315 e. The topological polar surface area (TPSA) is 82.7 Å². The van der Waals surface area contributed by atoms with E-state index in [-0.39, 0.29) is 18.0 Å². The number of hydrogen-bond donors (Lipinski definition) is 3. The molecule has 0 spiro atoms. The van der Waals surface area contributed by atoms with Crippen molar-refractivity contribution in [2.75, 3.05) is 26.2 Å². The van der Waals surface area contributed by atoms with Gasteiger partial charge in [-0.25, -0.2) is 4.79 Å². The van der Waals surface area contributed by atoms with E-state index in [1.165, 1.54) is 5.56 Å². The fourth-order valence-electron chi connectivity index (χ4n) is 3.06. The summed E-state index contributed by atoms with van der Waals surface area (Å²) in [5.41, 5.74) is 2.28. The maximum Gasteiger partial charge on any atom is 0.315 e. The molecule has 7 nitrogen and oxygen atoms in total. The highest BCUT2D eigenvalue weighted by Gasteiger charge is 2.26. The number of carbonyl (C=O) groups is 2. The predicted octanol–water partition coefficient (Wildman–Crippen LogP) is 0.205. The van der Waals surface area contributed by atoms with Crippen LogP contribution in [0.3, 0.4) is 0 Å². The van der Waals surface area contributed by atoms with Gasteiger partial charge in [0.1, 0.15) is 6.04 Å². The van der Waals surface area contributed by atoms with Gasteiger partial charge in [-0.2, -0.15) is 0 Å². The molecule has 130 valence electrons. The van der Waals surface area contributed by atoms with E-state index in [2.05, 4.69) is 39.9 Å². The number of ether oxygens (including phenoxy) is 1. The van der Waals surface area contributed by atoms with Crippen molar-refractivity contribution in [1.29, 1.82) is 0 Å². The van der Waals surface area contributed by atoms with Gasteiger partial charge in [-0.3, -0.25) is 9.69 Å². The Hall–Kier alpha value is -2.12. The Bertz CT molecular complexity index is 607. The minimum Gasteiger partial charge on any atom is -0.376 e. The van der Waals surface area contributed by atoms with Gasteiger partial charge in [0.25, 0.3) is 0 Å². The fraction of sp³-hybridized carbons (Fsp3) is 0.529. The first-order valence-corrected chi connectivity index (χ1v) is 8.34. The lowest BCUT2D eigenvalue weighted by Gasteiger charge is -2.31. The summed E-state index contributed by atoms with van der Waals surface area (Å²) in [5, 5.41) is 8.03. The minimum absolute atomic E-state index is 0.166. The quantitative estimate of drug-likeness (QED) is 0.720. The van der Waals surface area contributed by atoms with E-state index in [1.807, 2.05) is 12.1 Å². The molecular formula is C17H24N4O3. The molecule has 1 aromatic carbocycles. The Kier molecular flexibility index (Phi) is 5.32. The van der Waals surface area contributed by atoms with Gasteiger partial charge in [0.2, 0.25) is 5.91 Å². The molecule has 2 saturated heterocycles. The van der Waals surface area contributed by atoms with Gasteiger partial charge in [-0.15, -0.1) is 0 Å². The molecule has 2 atom stereocenters. The summed E-state index contributed by atoms with van der Waals surface area (Å²) in [4.78, 5) is 25.5. The molecule has 7 heteroatoms. The van der Waals surface area contributed by atoms with Crippen molar-refractivity contribution in [2.45, 2.75) is 32.2 Å². The molecule has 3 N–H and O–H groups in total. The van der Waals surface area contributed by atoms with Crippen molar-refractivity contribution in [3.05, 3.63) is 35.4 Å². The maximum absolute atomic E-state index is 12.0. The van der Waals surface area contributed by atoms with Gasteiger partial charge < -0.3 is 20.7 Å². The summed E-state index contributed by atoms with van der Waals surface area (Å²) in [6, 6.07) is 7.45. The number of nitrogens with zero attached hydrogens (tertiary/aromatic N) is 1. The summed E-state index contributed by atoms with van der Waals surface area (Å²) in [5.74, 6) is -0.166. The minimum atomic E-state index is -0.490. The maximum atomic E-state index is 12.0. The molecule has 0 aliphatic carbocycles. The number of amides is 3. The summed E-state index contributed by atoms with van der Waals surface area (Å²) in [6.45, 7) is 6.43. The second-order valence-corrected chi connectivity index (χ2v) is 6.36. The van der Waals surface area contributed by atoms with Crippen molar-refractivity contribution in [3.8, 4) is 0 Å². The highest BCUT2D eigenvalue weighted by Crippen LogP contribution is 2.12. The second kappa shape index (κ2) is 7.63. The van der Waals surface area contributed by atoms with Crippen LogP contribution in [0.2, 0.25) is 0 Å². The fourth-order valence-corrected chi connectivity index (χ4v) is 3.06.